The van der Waals surface area contributed by atoms with E-state index in [-0.39, 0.29) is 12.0 Å². The molecule has 1 aromatic heterocycles. The summed E-state index contributed by atoms with van der Waals surface area (Å²) in [6, 6.07) is 14.0. The average Bonchev–Trinajstić information content (AvgIpc) is 3.42. The minimum Gasteiger partial charge on any atom is -0.368 e. The van der Waals surface area contributed by atoms with Crippen molar-refractivity contribution < 1.29 is 9.53 Å². The van der Waals surface area contributed by atoms with E-state index >= 15 is 0 Å². The first kappa shape index (κ1) is 22.1. The monoisotopic (exact) mass is 459 g/mol. The summed E-state index contributed by atoms with van der Waals surface area (Å²) in [4.78, 5) is 16.9. The summed E-state index contributed by atoms with van der Waals surface area (Å²) in [5.41, 5.74) is 3.21. The number of nitrogens with one attached hydrogen (secondary N) is 1. The third kappa shape index (κ3) is 5.59. The van der Waals surface area contributed by atoms with Crippen LogP contribution in [0.25, 0.3) is 11.0 Å². The van der Waals surface area contributed by atoms with Gasteiger partial charge in [-0.25, -0.2) is 4.98 Å². The topological polar surface area (TPSA) is 56.2 Å². The number of nitrogens with zero attached hydrogens (tertiary/aromatic N) is 2. The number of rotatable bonds is 9. The number of benzene rings is 2. The molecule has 2 heterocycles. The Morgan fingerprint density at radius 2 is 2.00 bits per heavy atom. The van der Waals surface area contributed by atoms with Crippen LogP contribution in [0.1, 0.15) is 43.5 Å². The van der Waals surface area contributed by atoms with Gasteiger partial charge in [-0.1, -0.05) is 47.8 Å². The molecular formula is C24H27Cl2N3O2. The minimum atomic E-state index is -0.249. The highest BCUT2D eigenvalue weighted by atomic mass is 35.5. The van der Waals surface area contributed by atoms with E-state index in [1.54, 1.807) is 0 Å². The molecule has 0 aliphatic carbocycles. The van der Waals surface area contributed by atoms with Crippen LogP contribution in [-0.4, -0.2) is 34.7 Å². The van der Waals surface area contributed by atoms with E-state index in [9.17, 15) is 4.79 Å². The van der Waals surface area contributed by atoms with Crippen LogP contribution in [-0.2, 0) is 22.5 Å². The molecule has 3 aromatic rings. The maximum atomic E-state index is 12.0. The van der Waals surface area contributed by atoms with Gasteiger partial charge in [0, 0.05) is 26.1 Å². The lowest BCUT2D eigenvalue weighted by Gasteiger charge is -2.11. The lowest BCUT2D eigenvalue weighted by Crippen LogP contribution is -2.34. The quantitative estimate of drug-likeness (QED) is 0.435. The number of hydrogen-bond acceptors (Lipinski definition) is 3. The van der Waals surface area contributed by atoms with Crippen molar-refractivity contribution in [3.8, 4) is 0 Å². The van der Waals surface area contributed by atoms with Crippen LogP contribution in [0.15, 0.2) is 42.5 Å². The van der Waals surface area contributed by atoms with Gasteiger partial charge >= 0.3 is 0 Å². The molecule has 1 unspecified atom stereocenters. The zero-order valence-electron chi connectivity index (χ0n) is 17.4. The molecule has 164 valence electrons. The average molecular weight is 460 g/mol. The Balaban J connectivity index is 1.34. The number of imidazole rings is 1. The number of halogens is 2. The van der Waals surface area contributed by atoms with Gasteiger partial charge in [-0.15, -0.1) is 0 Å². The van der Waals surface area contributed by atoms with E-state index in [0.717, 1.165) is 60.9 Å². The SMILES string of the molecule is O=C(NCCCCCc1nc2ccccc2n1Cc1ccc(Cl)c(Cl)c1)C1CCCO1. The number of aryl methyl sites for hydroxylation is 1. The Morgan fingerprint density at radius 3 is 2.81 bits per heavy atom. The third-order valence-corrected chi connectivity index (χ3v) is 6.40. The molecule has 0 saturated carbocycles. The number of fused-ring (bicyclic) bond motifs is 1. The van der Waals surface area contributed by atoms with Crippen LogP contribution in [0.2, 0.25) is 10.0 Å². The molecular weight excluding hydrogens is 433 g/mol. The molecule has 31 heavy (non-hydrogen) atoms. The summed E-state index contributed by atoms with van der Waals surface area (Å²) >= 11 is 12.3. The van der Waals surface area contributed by atoms with Crippen molar-refractivity contribution in [2.24, 2.45) is 0 Å². The summed E-state index contributed by atoms with van der Waals surface area (Å²) in [6.45, 7) is 2.09. The van der Waals surface area contributed by atoms with Crippen LogP contribution in [0, 0.1) is 0 Å². The number of unbranched alkanes of at least 4 members (excludes halogenated alkanes) is 2. The number of para-hydroxylation sites is 2. The van der Waals surface area contributed by atoms with Gasteiger partial charge in [0.2, 0.25) is 5.91 Å². The summed E-state index contributed by atoms with van der Waals surface area (Å²) in [5, 5.41) is 4.12. The molecule has 1 aliphatic rings. The highest BCUT2D eigenvalue weighted by Crippen LogP contribution is 2.25. The Kier molecular flexibility index (Phi) is 7.49. The molecule has 1 atom stereocenters. The molecule has 5 nitrogen and oxygen atoms in total. The molecule has 1 saturated heterocycles. The summed E-state index contributed by atoms with van der Waals surface area (Å²) in [6.07, 6.45) is 5.44. The van der Waals surface area contributed by atoms with Crippen molar-refractivity contribution in [3.05, 3.63) is 63.9 Å². The number of ether oxygens (including phenoxy) is 1. The molecule has 0 radical (unpaired) electrons. The van der Waals surface area contributed by atoms with Crippen LogP contribution in [0.3, 0.4) is 0 Å². The Morgan fingerprint density at radius 1 is 1.13 bits per heavy atom. The number of aromatic nitrogens is 2. The van der Waals surface area contributed by atoms with Gasteiger partial charge in [0.1, 0.15) is 11.9 Å². The Bertz CT molecular complexity index is 1040. The van der Waals surface area contributed by atoms with Gasteiger partial charge in [-0.2, -0.15) is 0 Å². The van der Waals surface area contributed by atoms with Gasteiger partial charge in [-0.05, 0) is 55.5 Å². The molecule has 0 spiro atoms. The minimum absolute atomic E-state index is 0.0286. The number of carbonyl (C=O) groups is 1. The zero-order chi connectivity index (χ0) is 21.6. The normalized spacial score (nSPS) is 16.1. The first-order chi connectivity index (χ1) is 15.1. The maximum Gasteiger partial charge on any atom is 0.249 e. The number of amides is 1. The first-order valence-electron chi connectivity index (χ1n) is 10.9. The van der Waals surface area contributed by atoms with E-state index in [1.807, 2.05) is 36.4 Å². The third-order valence-electron chi connectivity index (χ3n) is 5.66. The fraction of sp³-hybridized carbons (Fsp3) is 0.417. The van der Waals surface area contributed by atoms with Crippen molar-refractivity contribution >= 4 is 40.1 Å². The van der Waals surface area contributed by atoms with Gasteiger partial charge < -0.3 is 14.6 Å². The van der Waals surface area contributed by atoms with Gasteiger partial charge in [0.25, 0.3) is 0 Å². The van der Waals surface area contributed by atoms with Crippen molar-refractivity contribution in [3.63, 3.8) is 0 Å². The maximum absolute atomic E-state index is 12.0. The first-order valence-corrected chi connectivity index (χ1v) is 11.6. The highest BCUT2D eigenvalue weighted by molar-refractivity contribution is 6.42. The lowest BCUT2D eigenvalue weighted by molar-refractivity contribution is -0.130. The van der Waals surface area contributed by atoms with E-state index in [2.05, 4.69) is 16.0 Å². The predicted octanol–water partition coefficient (Wildman–Crippen LogP) is 5.40. The lowest BCUT2D eigenvalue weighted by atomic mass is 10.1. The summed E-state index contributed by atoms with van der Waals surface area (Å²) in [7, 11) is 0. The summed E-state index contributed by atoms with van der Waals surface area (Å²) < 4.78 is 7.67. The van der Waals surface area contributed by atoms with Crippen LogP contribution >= 0.6 is 23.2 Å². The predicted molar refractivity (Wildman–Crippen MR) is 125 cm³/mol. The standard InChI is InChI=1S/C24H27Cl2N3O2/c25-18-12-11-17(15-19(18)26)16-29-21-8-4-3-7-20(21)28-23(29)10-2-1-5-13-27-24(30)22-9-6-14-31-22/h3-4,7-8,11-12,15,22H,1-2,5-6,9-10,13-14,16H2,(H,27,30). The highest BCUT2D eigenvalue weighted by Gasteiger charge is 2.22. The fourth-order valence-electron chi connectivity index (χ4n) is 4.01. The van der Waals surface area contributed by atoms with Crippen molar-refractivity contribution in [2.75, 3.05) is 13.2 Å². The Labute approximate surface area is 192 Å². The largest absolute Gasteiger partial charge is 0.368 e. The molecule has 1 fully saturated rings. The number of hydrogen-bond donors (Lipinski definition) is 1. The summed E-state index contributed by atoms with van der Waals surface area (Å²) in [5.74, 6) is 1.09. The number of carbonyl (C=O) groups excluding carboxylic acids is 1. The van der Waals surface area contributed by atoms with Gasteiger partial charge in [-0.3, -0.25) is 4.79 Å². The second-order valence-electron chi connectivity index (χ2n) is 7.95. The fourth-order valence-corrected chi connectivity index (χ4v) is 4.33. The van der Waals surface area contributed by atoms with Crippen molar-refractivity contribution in [1.29, 1.82) is 0 Å². The molecule has 1 aliphatic heterocycles. The van der Waals surface area contributed by atoms with Gasteiger partial charge in [0.05, 0.1) is 21.1 Å². The molecule has 7 heteroatoms. The van der Waals surface area contributed by atoms with Gasteiger partial charge in [0.15, 0.2) is 0 Å². The molecule has 1 N–H and O–H groups in total. The molecule has 1 amide bonds. The van der Waals surface area contributed by atoms with E-state index in [4.69, 9.17) is 32.9 Å². The second-order valence-corrected chi connectivity index (χ2v) is 8.77. The Hall–Kier alpha value is -2.08. The van der Waals surface area contributed by atoms with Crippen molar-refractivity contribution in [2.45, 2.75) is 51.2 Å². The van der Waals surface area contributed by atoms with Crippen LogP contribution < -0.4 is 5.32 Å². The molecule has 4 rings (SSSR count). The van der Waals surface area contributed by atoms with E-state index < -0.39 is 0 Å². The smallest absolute Gasteiger partial charge is 0.249 e. The van der Waals surface area contributed by atoms with Crippen LogP contribution in [0.5, 0.6) is 0 Å². The van der Waals surface area contributed by atoms with Crippen molar-refractivity contribution in [1.82, 2.24) is 14.9 Å². The molecule has 2 aromatic carbocycles. The second kappa shape index (κ2) is 10.5. The van der Waals surface area contributed by atoms with E-state index in [0.29, 0.717) is 29.7 Å². The van der Waals surface area contributed by atoms with E-state index in [1.165, 1.54) is 0 Å². The molecule has 0 bridgehead atoms. The van der Waals surface area contributed by atoms with Crippen LogP contribution in [0.4, 0.5) is 0 Å². The zero-order valence-corrected chi connectivity index (χ0v) is 19.0.